The van der Waals surface area contributed by atoms with E-state index < -0.39 is 10.0 Å². The zero-order valence-electron chi connectivity index (χ0n) is 12.0. The first-order chi connectivity index (χ1) is 11.1. The van der Waals surface area contributed by atoms with Crippen molar-refractivity contribution in [2.24, 2.45) is 0 Å². The first kappa shape index (κ1) is 13.9. The summed E-state index contributed by atoms with van der Waals surface area (Å²) in [6.07, 6.45) is 0. The molecule has 0 atom stereocenters. The Morgan fingerprint density at radius 1 is 0.870 bits per heavy atom. The van der Waals surface area contributed by atoms with Crippen molar-refractivity contribution in [2.75, 3.05) is 11.5 Å². The van der Waals surface area contributed by atoms with Crippen LogP contribution in [0.3, 0.4) is 0 Å². The van der Waals surface area contributed by atoms with Gasteiger partial charge in [0.05, 0.1) is 10.6 Å². The summed E-state index contributed by atoms with van der Waals surface area (Å²) in [7, 11) is -3.71. The van der Waals surface area contributed by atoms with E-state index in [1.54, 1.807) is 36.4 Å². The number of sulfonamides is 1. The van der Waals surface area contributed by atoms with E-state index in [1.165, 1.54) is 0 Å². The first-order valence-corrected chi connectivity index (χ1v) is 8.52. The third kappa shape index (κ3) is 2.47. The molecular formula is C17H13NO4S. The molecule has 4 rings (SSSR count). The lowest BCUT2D eigenvalue weighted by Gasteiger charge is -2.11. The lowest BCUT2D eigenvalue weighted by atomic mass is 10.1. The van der Waals surface area contributed by atoms with Crippen molar-refractivity contribution in [3.05, 3.63) is 60.7 Å². The molecule has 0 bridgehead atoms. The molecule has 23 heavy (non-hydrogen) atoms. The monoisotopic (exact) mass is 327 g/mol. The van der Waals surface area contributed by atoms with Gasteiger partial charge in [-0.15, -0.1) is 0 Å². The number of fused-ring (bicyclic) bond motifs is 2. The van der Waals surface area contributed by atoms with Crippen molar-refractivity contribution >= 4 is 26.5 Å². The highest BCUT2D eigenvalue weighted by Crippen LogP contribution is 2.39. The molecule has 0 fully saturated rings. The number of benzene rings is 3. The Bertz CT molecular complexity index is 998. The summed E-state index contributed by atoms with van der Waals surface area (Å²) in [5.41, 5.74) is 0.369. The Morgan fingerprint density at radius 2 is 1.70 bits per heavy atom. The van der Waals surface area contributed by atoms with Crippen LogP contribution in [0.1, 0.15) is 0 Å². The third-order valence-corrected chi connectivity index (χ3v) is 5.04. The molecule has 5 nitrogen and oxygen atoms in total. The van der Waals surface area contributed by atoms with E-state index in [-0.39, 0.29) is 11.7 Å². The van der Waals surface area contributed by atoms with E-state index >= 15 is 0 Å². The summed E-state index contributed by atoms with van der Waals surface area (Å²) >= 11 is 0. The molecule has 1 N–H and O–H groups in total. The molecule has 1 aliphatic rings. The molecule has 0 saturated heterocycles. The highest BCUT2D eigenvalue weighted by Gasteiger charge is 2.22. The van der Waals surface area contributed by atoms with Crippen LogP contribution in [0.4, 0.5) is 5.69 Å². The zero-order valence-corrected chi connectivity index (χ0v) is 12.8. The van der Waals surface area contributed by atoms with Crippen molar-refractivity contribution in [3.8, 4) is 11.5 Å². The minimum atomic E-state index is -3.71. The molecule has 0 spiro atoms. The average Bonchev–Trinajstić information content (AvgIpc) is 3.04. The maximum Gasteiger partial charge on any atom is 0.262 e. The fraction of sp³-hybridized carbons (Fsp3) is 0.0588. The van der Waals surface area contributed by atoms with Crippen LogP contribution < -0.4 is 14.2 Å². The van der Waals surface area contributed by atoms with Crippen molar-refractivity contribution in [2.45, 2.75) is 4.90 Å². The Hall–Kier alpha value is -2.73. The van der Waals surface area contributed by atoms with Gasteiger partial charge < -0.3 is 9.47 Å². The van der Waals surface area contributed by atoms with Crippen LogP contribution in [0.5, 0.6) is 11.5 Å². The van der Waals surface area contributed by atoms with E-state index in [2.05, 4.69) is 4.72 Å². The summed E-state index contributed by atoms with van der Waals surface area (Å²) < 4.78 is 38.4. The number of nitrogens with one attached hydrogen (secondary N) is 1. The van der Waals surface area contributed by atoms with Crippen LogP contribution in [0.2, 0.25) is 0 Å². The molecule has 116 valence electrons. The number of anilines is 1. The van der Waals surface area contributed by atoms with Gasteiger partial charge in [-0.1, -0.05) is 36.4 Å². The Labute approximate surface area is 133 Å². The molecule has 3 aromatic rings. The van der Waals surface area contributed by atoms with E-state index in [0.717, 1.165) is 10.8 Å². The molecule has 0 saturated carbocycles. The quantitative estimate of drug-likeness (QED) is 0.801. The SMILES string of the molecule is O=S(=O)(Nc1cccc2c1OCO2)c1ccc2ccccc2c1. The molecule has 3 aromatic carbocycles. The van der Waals surface area contributed by atoms with Gasteiger partial charge in [-0.2, -0.15) is 0 Å². The van der Waals surface area contributed by atoms with Gasteiger partial charge in [0.1, 0.15) is 0 Å². The molecule has 0 radical (unpaired) electrons. The second-order valence-corrected chi connectivity index (χ2v) is 6.84. The predicted molar refractivity (Wildman–Crippen MR) is 87.3 cm³/mol. The highest BCUT2D eigenvalue weighted by atomic mass is 32.2. The van der Waals surface area contributed by atoms with Crippen molar-refractivity contribution < 1.29 is 17.9 Å². The van der Waals surface area contributed by atoms with Crippen molar-refractivity contribution in [1.82, 2.24) is 0 Å². The number of rotatable bonds is 3. The maximum atomic E-state index is 12.6. The van der Waals surface area contributed by atoms with Gasteiger partial charge >= 0.3 is 0 Å². The lowest BCUT2D eigenvalue weighted by Crippen LogP contribution is -2.13. The maximum absolute atomic E-state index is 12.6. The normalized spacial score (nSPS) is 13.2. The standard InChI is InChI=1S/C17H13NO4S/c19-23(20,14-9-8-12-4-1-2-5-13(12)10-14)18-15-6-3-7-16-17(15)22-11-21-16/h1-10,18H,11H2. The number of ether oxygens (including phenoxy) is 2. The van der Waals surface area contributed by atoms with E-state index in [0.29, 0.717) is 17.2 Å². The van der Waals surface area contributed by atoms with Crippen LogP contribution in [-0.2, 0) is 10.0 Å². The summed E-state index contributed by atoms with van der Waals surface area (Å²) in [4.78, 5) is 0.202. The third-order valence-electron chi connectivity index (χ3n) is 3.67. The van der Waals surface area contributed by atoms with Gasteiger partial charge in [-0.25, -0.2) is 8.42 Å². The predicted octanol–water partition coefficient (Wildman–Crippen LogP) is 3.37. The van der Waals surface area contributed by atoms with Crippen molar-refractivity contribution in [3.63, 3.8) is 0 Å². The van der Waals surface area contributed by atoms with E-state index in [4.69, 9.17) is 9.47 Å². The van der Waals surface area contributed by atoms with Crippen molar-refractivity contribution in [1.29, 1.82) is 0 Å². The molecule has 0 aliphatic carbocycles. The van der Waals surface area contributed by atoms with Gasteiger partial charge in [0, 0.05) is 0 Å². The van der Waals surface area contributed by atoms with Gasteiger partial charge in [-0.3, -0.25) is 4.72 Å². The Balaban J connectivity index is 1.74. The van der Waals surface area contributed by atoms with E-state index in [9.17, 15) is 8.42 Å². The zero-order chi connectivity index (χ0) is 15.9. The minimum Gasteiger partial charge on any atom is -0.454 e. The smallest absolute Gasteiger partial charge is 0.262 e. The Kier molecular flexibility index (Phi) is 3.12. The fourth-order valence-corrected chi connectivity index (χ4v) is 3.65. The summed E-state index contributed by atoms with van der Waals surface area (Å²) in [5.74, 6) is 0.945. The molecule has 1 aliphatic heterocycles. The summed E-state index contributed by atoms with van der Waals surface area (Å²) in [5, 5.41) is 1.86. The summed E-state index contributed by atoms with van der Waals surface area (Å²) in [6, 6.07) is 17.7. The van der Waals surface area contributed by atoms with Crippen LogP contribution in [0, 0.1) is 0 Å². The van der Waals surface area contributed by atoms with Crippen LogP contribution in [-0.4, -0.2) is 15.2 Å². The van der Waals surface area contributed by atoms with Crippen LogP contribution >= 0.6 is 0 Å². The van der Waals surface area contributed by atoms with Crippen LogP contribution in [0.15, 0.2) is 65.6 Å². The summed E-state index contributed by atoms with van der Waals surface area (Å²) in [6.45, 7) is 0.0874. The highest BCUT2D eigenvalue weighted by molar-refractivity contribution is 7.92. The van der Waals surface area contributed by atoms with Gasteiger partial charge in [0.25, 0.3) is 10.0 Å². The fourth-order valence-electron chi connectivity index (χ4n) is 2.55. The number of para-hydroxylation sites is 1. The first-order valence-electron chi connectivity index (χ1n) is 7.04. The minimum absolute atomic E-state index is 0.0874. The molecule has 0 amide bonds. The number of hydrogen-bond donors (Lipinski definition) is 1. The molecule has 0 aromatic heterocycles. The molecular weight excluding hydrogens is 314 g/mol. The molecule has 1 heterocycles. The lowest BCUT2D eigenvalue weighted by molar-refractivity contribution is 0.174. The second kappa shape index (κ2) is 5.17. The van der Waals surface area contributed by atoms with E-state index in [1.807, 2.05) is 24.3 Å². The average molecular weight is 327 g/mol. The van der Waals surface area contributed by atoms with Gasteiger partial charge in [-0.05, 0) is 35.0 Å². The number of hydrogen-bond acceptors (Lipinski definition) is 4. The molecule has 6 heteroatoms. The second-order valence-electron chi connectivity index (χ2n) is 5.15. The topological polar surface area (TPSA) is 64.6 Å². The Morgan fingerprint density at radius 3 is 2.57 bits per heavy atom. The van der Waals surface area contributed by atoms with Gasteiger partial charge in [0.15, 0.2) is 11.5 Å². The molecule has 0 unspecified atom stereocenters. The van der Waals surface area contributed by atoms with Gasteiger partial charge in [0.2, 0.25) is 6.79 Å². The van der Waals surface area contributed by atoms with Crippen LogP contribution in [0.25, 0.3) is 10.8 Å². The largest absolute Gasteiger partial charge is 0.454 e.